The third-order valence-corrected chi connectivity index (χ3v) is 3.39. The predicted octanol–water partition coefficient (Wildman–Crippen LogP) is 2.94. The highest BCUT2D eigenvalue weighted by atomic mass is 19.1. The van der Waals surface area contributed by atoms with Crippen molar-refractivity contribution in [1.82, 2.24) is 15.1 Å². The van der Waals surface area contributed by atoms with Crippen LogP contribution in [0, 0.1) is 11.6 Å². The molecule has 2 rings (SSSR count). The lowest BCUT2D eigenvalue weighted by Crippen LogP contribution is -2.33. The Kier molecular flexibility index (Phi) is 5.44. The topological polar surface area (TPSA) is 29.9 Å². The predicted molar refractivity (Wildman–Crippen MR) is 79.1 cm³/mol. The molecule has 0 aliphatic carbocycles. The second kappa shape index (κ2) is 7.31. The highest BCUT2D eigenvalue weighted by Gasteiger charge is 2.12. The molecule has 21 heavy (non-hydrogen) atoms. The molecule has 0 aliphatic rings. The van der Waals surface area contributed by atoms with Gasteiger partial charge in [-0.15, -0.1) is 0 Å². The maximum absolute atomic E-state index is 13.3. The Labute approximate surface area is 124 Å². The van der Waals surface area contributed by atoms with Gasteiger partial charge in [-0.3, -0.25) is 4.68 Å². The molecule has 1 unspecified atom stereocenters. The van der Waals surface area contributed by atoms with Gasteiger partial charge in [-0.25, -0.2) is 8.78 Å². The van der Waals surface area contributed by atoms with Crippen LogP contribution < -0.4 is 5.32 Å². The first-order valence-corrected chi connectivity index (χ1v) is 7.30. The van der Waals surface area contributed by atoms with Crippen LogP contribution >= 0.6 is 0 Å². The molecule has 0 fully saturated rings. The Balaban J connectivity index is 2.07. The summed E-state index contributed by atoms with van der Waals surface area (Å²) >= 11 is 0. The van der Waals surface area contributed by atoms with Crippen LogP contribution in [0.25, 0.3) is 0 Å². The number of hydrogen-bond donors (Lipinski definition) is 1. The number of aryl methyl sites for hydroxylation is 1. The molecule has 0 radical (unpaired) electrons. The zero-order chi connectivity index (χ0) is 15.2. The van der Waals surface area contributed by atoms with E-state index in [1.807, 2.05) is 30.9 Å². The van der Waals surface area contributed by atoms with E-state index in [0.717, 1.165) is 31.1 Å². The fraction of sp³-hybridized carbons (Fsp3) is 0.438. The van der Waals surface area contributed by atoms with Gasteiger partial charge in [0.15, 0.2) is 0 Å². The first-order chi connectivity index (χ1) is 10.1. The van der Waals surface area contributed by atoms with Crippen LogP contribution in [-0.2, 0) is 19.4 Å². The number of nitrogens with one attached hydrogen (secondary N) is 1. The van der Waals surface area contributed by atoms with Crippen LogP contribution in [0.2, 0.25) is 0 Å². The fourth-order valence-corrected chi connectivity index (χ4v) is 2.49. The Morgan fingerprint density at radius 3 is 2.33 bits per heavy atom. The maximum atomic E-state index is 13.3. The number of nitrogens with zero attached hydrogens (tertiary/aromatic N) is 2. The molecule has 1 atom stereocenters. The van der Waals surface area contributed by atoms with E-state index >= 15 is 0 Å². The van der Waals surface area contributed by atoms with Gasteiger partial charge in [0.1, 0.15) is 11.6 Å². The molecule has 3 nitrogen and oxygen atoms in total. The van der Waals surface area contributed by atoms with Gasteiger partial charge in [-0.05, 0) is 49.6 Å². The first kappa shape index (κ1) is 15.6. The third kappa shape index (κ3) is 4.63. The van der Waals surface area contributed by atoms with E-state index in [-0.39, 0.29) is 6.04 Å². The zero-order valence-electron chi connectivity index (χ0n) is 12.4. The molecular formula is C16H21F2N3. The second-order valence-corrected chi connectivity index (χ2v) is 5.14. The summed E-state index contributed by atoms with van der Waals surface area (Å²) in [6.45, 7) is 5.70. The average Bonchev–Trinajstić information content (AvgIpc) is 2.85. The molecule has 0 saturated heterocycles. The summed E-state index contributed by atoms with van der Waals surface area (Å²) in [4.78, 5) is 0. The SMILES string of the molecule is CCNC(Cc1cc(F)cc(F)c1)Cc1cnn(CC)c1. The van der Waals surface area contributed by atoms with Crippen molar-refractivity contribution in [3.8, 4) is 0 Å². The Bertz CT molecular complexity index is 560. The van der Waals surface area contributed by atoms with Gasteiger partial charge in [0.25, 0.3) is 0 Å². The summed E-state index contributed by atoms with van der Waals surface area (Å²) in [5.74, 6) is -1.06. The Morgan fingerprint density at radius 1 is 1.10 bits per heavy atom. The molecular weight excluding hydrogens is 272 g/mol. The molecule has 5 heteroatoms. The van der Waals surface area contributed by atoms with Crippen molar-refractivity contribution in [3.63, 3.8) is 0 Å². The molecule has 0 aliphatic heterocycles. The molecule has 1 aromatic carbocycles. The molecule has 0 spiro atoms. The summed E-state index contributed by atoms with van der Waals surface area (Å²) in [6.07, 6.45) is 5.22. The minimum absolute atomic E-state index is 0.130. The van der Waals surface area contributed by atoms with E-state index in [2.05, 4.69) is 10.4 Å². The van der Waals surface area contributed by atoms with Gasteiger partial charge in [0.05, 0.1) is 6.20 Å². The number of hydrogen-bond acceptors (Lipinski definition) is 2. The lowest BCUT2D eigenvalue weighted by Gasteiger charge is -2.17. The summed E-state index contributed by atoms with van der Waals surface area (Å²) in [6, 6.07) is 3.81. The van der Waals surface area contributed by atoms with Gasteiger partial charge in [0, 0.05) is 24.8 Å². The second-order valence-electron chi connectivity index (χ2n) is 5.14. The largest absolute Gasteiger partial charge is 0.314 e. The van der Waals surface area contributed by atoms with Crippen molar-refractivity contribution in [2.24, 2.45) is 0 Å². The van der Waals surface area contributed by atoms with E-state index in [1.54, 1.807) is 0 Å². The highest BCUT2D eigenvalue weighted by molar-refractivity contribution is 5.20. The first-order valence-electron chi connectivity index (χ1n) is 7.30. The molecule has 114 valence electrons. The minimum Gasteiger partial charge on any atom is -0.314 e. The van der Waals surface area contributed by atoms with Crippen molar-refractivity contribution < 1.29 is 8.78 Å². The van der Waals surface area contributed by atoms with E-state index < -0.39 is 11.6 Å². The Morgan fingerprint density at radius 2 is 1.76 bits per heavy atom. The van der Waals surface area contributed by atoms with Crippen LogP contribution in [0.15, 0.2) is 30.6 Å². The lowest BCUT2D eigenvalue weighted by molar-refractivity contribution is 0.515. The average molecular weight is 293 g/mol. The zero-order valence-corrected chi connectivity index (χ0v) is 12.4. The smallest absolute Gasteiger partial charge is 0.126 e. The van der Waals surface area contributed by atoms with E-state index in [1.165, 1.54) is 12.1 Å². The van der Waals surface area contributed by atoms with Gasteiger partial charge in [-0.1, -0.05) is 6.92 Å². The molecule has 0 saturated carbocycles. The number of likely N-dealkylation sites (N-methyl/N-ethyl adjacent to an activating group) is 1. The summed E-state index contributed by atoms with van der Waals surface area (Å²) in [5.41, 5.74) is 1.79. The number of rotatable bonds is 7. The van der Waals surface area contributed by atoms with Gasteiger partial charge >= 0.3 is 0 Å². The van der Waals surface area contributed by atoms with E-state index in [4.69, 9.17) is 0 Å². The Hall–Kier alpha value is -1.75. The van der Waals surface area contributed by atoms with Crippen LogP contribution in [0.1, 0.15) is 25.0 Å². The van der Waals surface area contributed by atoms with Crippen LogP contribution in [0.4, 0.5) is 8.78 Å². The van der Waals surface area contributed by atoms with Gasteiger partial charge in [0.2, 0.25) is 0 Å². The quantitative estimate of drug-likeness (QED) is 0.850. The standard InChI is InChI=1S/C16H21F2N3/c1-3-19-16(8-13-10-20-21(4-2)11-13)7-12-5-14(17)9-15(18)6-12/h5-6,9-11,16,19H,3-4,7-8H2,1-2H3. The normalized spacial score (nSPS) is 12.6. The van der Waals surface area contributed by atoms with Crippen molar-refractivity contribution in [3.05, 3.63) is 53.4 Å². The third-order valence-electron chi connectivity index (χ3n) is 3.39. The number of aromatic nitrogens is 2. The molecule has 0 amide bonds. The monoisotopic (exact) mass is 293 g/mol. The molecule has 0 bridgehead atoms. The van der Waals surface area contributed by atoms with Crippen LogP contribution in [0.3, 0.4) is 0 Å². The number of benzene rings is 1. The molecule has 1 aromatic heterocycles. The molecule has 2 aromatic rings. The van der Waals surface area contributed by atoms with Gasteiger partial charge in [-0.2, -0.15) is 5.10 Å². The summed E-state index contributed by atoms with van der Waals surface area (Å²) in [7, 11) is 0. The van der Waals surface area contributed by atoms with Crippen LogP contribution in [-0.4, -0.2) is 22.4 Å². The summed E-state index contributed by atoms with van der Waals surface area (Å²) in [5, 5.41) is 7.62. The highest BCUT2D eigenvalue weighted by Crippen LogP contribution is 2.13. The van der Waals surface area contributed by atoms with Crippen molar-refractivity contribution >= 4 is 0 Å². The fourth-order valence-electron chi connectivity index (χ4n) is 2.49. The number of halogens is 2. The minimum atomic E-state index is -0.529. The molecule has 1 heterocycles. The van der Waals surface area contributed by atoms with Crippen molar-refractivity contribution in [1.29, 1.82) is 0 Å². The van der Waals surface area contributed by atoms with Crippen molar-refractivity contribution in [2.45, 2.75) is 39.3 Å². The molecule has 1 N–H and O–H groups in total. The maximum Gasteiger partial charge on any atom is 0.126 e. The van der Waals surface area contributed by atoms with E-state index in [0.29, 0.717) is 12.0 Å². The lowest BCUT2D eigenvalue weighted by atomic mass is 10.0. The van der Waals surface area contributed by atoms with Gasteiger partial charge < -0.3 is 5.32 Å². The van der Waals surface area contributed by atoms with E-state index in [9.17, 15) is 8.78 Å². The van der Waals surface area contributed by atoms with Crippen LogP contribution in [0.5, 0.6) is 0 Å². The summed E-state index contributed by atoms with van der Waals surface area (Å²) < 4.78 is 28.4. The van der Waals surface area contributed by atoms with Crippen molar-refractivity contribution in [2.75, 3.05) is 6.54 Å².